The fraction of sp³-hybridized carbons (Fsp3) is 0.100. The first-order valence-corrected chi connectivity index (χ1v) is 8.43. The van der Waals surface area contributed by atoms with E-state index in [0.717, 1.165) is 17.5 Å². The molecule has 0 aliphatic rings. The highest BCUT2D eigenvalue weighted by molar-refractivity contribution is 5.90. The molecule has 0 saturated heterocycles. The second-order valence-corrected chi connectivity index (χ2v) is 6.05. The van der Waals surface area contributed by atoms with Gasteiger partial charge in [0.05, 0.1) is 11.1 Å². The van der Waals surface area contributed by atoms with Gasteiger partial charge >= 0.3 is 12.1 Å². The van der Waals surface area contributed by atoms with E-state index in [4.69, 9.17) is 9.26 Å². The number of nitrogens with zero attached hydrogens (tertiary/aromatic N) is 3. The Labute approximate surface area is 161 Å². The number of ether oxygens (including phenoxy) is 1. The van der Waals surface area contributed by atoms with Crippen molar-refractivity contribution in [2.45, 2.75) is 12.8 Å². The van der Waals surface area contributed by atoms with Crippen molar-refractivity contribution in [1.29, 1.82) is 0 Å². The Hall–Kier alpha value is -3.75. The number of halogens is 3. The van der Waals surface area contributed by atoms with Gasteiger partial charge in [0.15, 0.2) is 6.61 Å². The van der Waals surface area contributed by atoms with Crippen molar-refractivity contribution in [1.82, 2.24) is 15.1 Å². The lowest BCUT2D eigenvalue weighted by atomic mass is 10.1. The maximum atomic E-state index is 12.6. The van der Waals surface area contributed by atoms with Crippen LogP contribution in [0.3, 0.4) is 0 Å². The molecule has 0 spiro atoms. The van der Waals surface area contributed by atoms with Crippen molar-refractivity contribution < 1.29 is 27.2 Å². The average molecular weight is 399 g/mol. The average Bonchev–Trinajstić information content (AvgIpc) is 3.20. The highest BCUT2D eigenvalue weighted by Crippen LogP contribution is 2.30. The summed E-state index contributed by atoms with van der Waals surface area (Å²) < 4.78 is 48.0. The molecule has 0 aliphatic heterocycles. The van der Waals surface area contributed by atoms with E-state index in [9.17, 15) is 18.0 Å². The minimum absolute atomic E-state index is 0.00837. The van der Waals surface area contributed by atoms with E-state index in [1.165, 1.54) is 12.1 Å². The van der Waals surface area contributed by atoms with Crippen LogP contribution >= 0.6 is 0 Å². The van der Waals surface area contributed by atoms with Crippen molar-refractivity contribution in [3.05, 3.63) is 77.8 Å². The highest BCUT2D eigenvalue weighted by Gasteiger charge is 2.30. The lowest BCUT2D eigenvalue weighted by Gasteiger charge is -2.05. The first-order chi connectivity index (χ1) is 13.9. The zero-order valence-corrected chi connectivity index (χ0v) is 14.7. The van der Waals surface area contributed by atoms with Crippen molar-refractivity contribution in [2.75, 3.05) is 0 Å². The second-order valence-electron chi connectivity index (χ2n) is 6.05. The third-order valence-electron chi connectivity index (χ3n) is 4.07. The number of hydrogen-bond acceptors (Lipinski definition) is 6. The first-order valence-electron chi connectivity index (χ1n) is 8.43. The van der Waals surface area contributed by atoms with Crippen LogP contribution in [-0.2, 0) is 17.5 Å². The number of pyridine rings is 1. The van der Waals surface area contributed by atoms with Crippen LogP contribution in [0.15, 0.2) is 65.2 Å². The Morgan fingerprint density at radius 2 is 1.72 bits per heavy atom. The number of benzene rings is 2. The summed E-state index contributed by atoms with van der Waals surface area (Å²) in [5.74, 6) is -0.562. The van der Waals surface area contributed by atoms with Gasteiger partial charge in [-0.1, -0.05) is 41.6 Å². The number of rotatable bonds is 4. The molecule has 146 valence electrons. The standard InChI is InChI=1S/C20H12F3N3O3/c21-20(22,23)14-8-5-13(6-9-14)18-25-17(29-26-18)11-28-19(27)16-10-7-12-3-1-2-4-15(12)24-16/h1-10H,11H2. The van der Waals surface area contributed by atoms with Crippen LogP contribution in [0.25, 0.3) is 22.3 Å². The lowest BCUT2D eigenvalue weighted by Crippen LogP contribution is -2.07. The summed E-state index contributed by atoms with van der Waals surface area (Å²) in [5.41, 5.74) is 0.354. The molecule has 0 unspecified atom stereocenters. The maximum absolute atomic E-state index is 12.6. The van der Waals surface area contributed by atoms with Crippen LogP contribution in [0.5, 0.6) is 0 Å². The molecule has 2 heterocycles. The van der Waals surface area contributed by atoms with Gasteiger partial charge in [0.25, 0.3) is 5.89 Å². The molecule has 0 radical (unpaired) electrons. The second kappa shape index (κ2) is 7.34. The summed E-state index contributed by atoms with van der Waals surface area (Å²) in [7, 11) is 0. The first kappa shape index (κ1) is 18.6. The predicted molar refractivity (Wildman–Crippen MR) is 95.6 cm³/mol. The zero-order chi connectivity index (χ0) is 20.4. The van der Waals surface area contributed by atoms with Gasteiger partial charge in [0.1, 0.15) is 5.69 Å². The number of esters is 1. The van der Waals surface area contributed by atoms with Crippen LogP contribution in [0, 0.1) is 0 Å². The molecule has 9 heteroatoms. The number of carbonyl (C=O) groups is 1. The van der Waals surface area contributed by atoms with Crippen LogP contribution in [0.2, 0.25) is 0 Å². The fourth-order valence-electron chi connectivity index (χ4n) is 2.62. The number of fused-ring (bicyclic) bond motifs is 1. The highest BCUT2D eigenvalue weighted by atomic mass is 19.4. The molecule has 0 fully saturated rings. The van der Waals surface area contributed by atoms with Crippen LogP contribution in [0.1, 0.15) is 21.9 Å². The van der Waals surface area contributed by atoms with Crippen molar-refractivity contribution in [3.63, 3.8) is 0 Å². The number of aromatic nitrogens is 3. The third kappa shape index (κ3) is 4.08. The molecule has 6 nitrogen and oxygen atoms in total. The number of hydrogen-bond donors (Lipinski definition) is 0. The Kier molecular flexibility index (Phi) is 4.71. The summed E-state index contributed by atoms with van der Waals surface area (Å²) in [6, 6.07) is 15.0. The fourth-order valence-corrected chi connectivity index (χ4v) is 2.62. The minimum Gasteiger partial charge on any atom is -0.451 e. The van der Waals surface area contributed by atoms with Gasteiger partial charge in [-0.2, -0.15) is 18.2 Å². The molecule has 0 amide bonds. The largest absolute Gasteiger partial charge is 0.451 e. The molecular weight excluding hydrogens is 387 g/mol. The van der Waals surface area contributed by atoms with E-state index in [-0.39, 0.29) is 24.0 Å². The Morgan fingerprint density at radius 1 is 0.966 bits per heavy atom. The predicted octanol–water partition coefficient (Wildman–Crippen LogP) is 4.66. The molecule has 4 rings (SSSR count). The quantitative estimate of drug-likeness (QED) is 0.465. The molecule has 0 aliphatic carbocycles. The SMILES string of the molecule is O=C(OCc1nc(-c2ccc(C(F)(F)F)cc2)no1)c1ccc2ccccc2n1. The normalized spacial score (nSPS) is 11.6. The molecular formula is C20H12F3N3O3. The summed E-state index contributed by atoms with van der Waals surface area (Å²) in [4.78, 5) is 20.5. The number of alkyl halides is 3. The lowest BCUT2D eigenvalue weighted by molar-refractivity contribution is -0.137. The Bertz CT molecular complexity index is 1170. The van der Waals surface area contributed by atoms with E-state index < -0.39 is 17.7 Å². The maximum Gasteiger partial charge on any atom is 0.416 e. The molecule has 29 heavy (non-hydrogen) atoms. The molecule has 2 aromatic carbocycles. The van der Waals surface area contributed by atoms with Crippen molar-refractivity contribution in [2.24, 2.45) is 0 Å². The summed E-state index contributed by atoms with van der Waals surface area (Å²) in [6.07, 6.45) is -4.42. The molecule has 0 N–H and O–H groups in total. The molecule has 0 saturated carbocycles. The van der Waals surface area contributed by atoms with Gasteiger partial charge in [-0.05, 0) is 24.3 Å². The summed E-state index contributed by atoms with van der Waals surface area (Å²) >= 11 is 0. The zero-order valence-electron chi connectivity index (χ0n) is 14.7. The third-order valence-corrected chi connectivity index (χ3v) is 4.07. The number of para-hydroxylation sites is 1. The molecule has 2 aromatic heterocycles. The van der Waals surface area contributed by atoms with E-state index >= 15 is 0 Å². The molecule has 0 bridgehead atoms. The topological polar surface area (TPSA) is 78.1 Å². The van der Waals surface area contributed by atoms with Gasteiger partial charge in [0.2, 0.25) is 5.82 Å². The van der Waals surface area contributed by atoms with Gasteiger partial charge in [-0.25, -0.2) is 9.78 Å². The van der Waals surface area contributed by atoms with Crippen LogP contribution in [0.4, 0.5) is 13.2 Å². The molecule has 0 atom stereocenters. The van der Waals surface area contributed by atoms with E-state index in [1.807, 2.05) is 18.2 Å². The van der Waals surface area contributed by atoms with Gasteiger partial charge in [-0.3, -0.25) is 0 Å². The molecule has 4 aromatic rings. The van der Waals surface area contributed by atoms with E-state index in [1.54, 1.807) is 18.2 Å². The number of carbonyl (C=O) groups excluding carboxylic acids is 1. The van der Waals surface area contributed by atoms with Gasteiger partial charge < -0.3 is 9.26 Å². The minimum atomic E-state index is -4.42. The van der Waals surface area contributed by atoms with E-state index in [0.29, 0.717) is 11.1 Å². The van der Waals surface area contributed by atoms with Gasteiger partial charge in [0, 0.05) is 10.9 Å². The van der Waals surface area contributed by atoms with Gasteiger partial charge in [-0.15, -0.1) is 0 Å². The summed E-state index contributed by atoms with van der Waals surface area (Å²) in [6.45, 7) is -0.291. The Morgan fingerprint density at radius 3 is 2.48 bits per heavy atom. The smallest absolute Gasteiger partial charge is 0.416 e. The van der Waals surface area contributed by atoms with E-state index in [2.05, 4.69) is 15.1 Å². The Balaban J connectivity index is 1.43. The van der Waals surface area contributed by atoms with Crippen molar-refractivity contribution in [3.8, 4) is 11.4 Å². The monoisotopic (exact) mass is 399 g/mol. The van der Waals surface area contributed by atoms with Crippen molar-refractivity contribution >= 4 is 16.9 Å². The summed E-state index contributed by atoms with van der Waals surface area (Å²) in [5, 5.41) is 4.59. The van der Waals surface area contributed by atoms with Crippen LogP contribution in [-0.4, -0.2) is 21.1 Å². The van der Waals surface area contributed by atoms with Crippen LogP contribution < -0.4 is 0 Å².